The number of amides is 1. The maximum absolute atomic E-state index is 12.1. The monoisotopic (exact) mass is 282 g/mol. The van der Waals surface area contributed by atoms with Gasteiger partial charge in [0.25, 0.3) is 5.91 Å². The Bertz CT molecular complexity index is 601. The van der Waals surface area contributed by atoms with E-state index in [2.05, 4.69) is 36.5 Å². The SMILES string of the molecule is CC(=NNC(=O)c1ccccc1)C1C2C=CC(C2)C1(C)C. The molecule has 21 heavy (non-hydrogen) atoms. The quantitative estimate of drug-likeness (QED) is 0.513. The first-order valence-corrected chi connectivity index (χ1v) is 7.58. The van der Waals surface area contributed by atoms with E-state index in [0.717, 1.165) is 5.71 Å². The second-order valence-electron chi connectivity index (χ2n) is 6.75. The number of hydrogen-bond acceptors (Lipinski definition) is 2. The van der Waals surface area contributed by atoms with E-state index in [1.54, 1.807) is 12.1 Å². The van der Waals surface area contributed by atoms with Crippen molar-refractivity contribution in [2.75, 3.05) is 0 Å². The summed E-state index contributed by atoms with van der Waals surface area (Å²) in [6.45, 7) is 6.65. The Kier molecular flexibility index (Phi) is 3.44. The average molecular weight is 282 g/mol. The maximum atomic E-state index is 12.1. The number of fused-ring (bicyclic) bond motifs is 2. The van der Waals surface area contributed by atoms with Gasteiger partial charge in [-0.25, -0.2) is 5.43 Å². The minimum atomic E-state index is -0.147. The minimum absolute atomic E-state index is 0.147. The lowest BCUT2D eigenvalue weighted by atomic mass is 9.69. The van der Waals surface area contributed by atoms with Gasteiger partial charge in [0.05, 0.1) is 0 Å². The molecule has 0 heterocycles. The van der Waals surface area contributed by atoms with Crippen molar-refractivity contribution in [1.29, 1.82) is 0 Å². The molecule has 2 aliphatic carbocycles. The molecule has 1 N–H and O–H groups in total. The van der Waals surface area contributed by atoms with Crippen LogP contribution in [0.3, 0.4) is 0 Å². The van der Waals surface area contributed by atoms with Gasteiger partial charge in [-0.15, -0.1) is 0 Å². The molecule has 3 nitrogen and oxygen atoms in total. The van der Waals surface area contributed by atoms with Crippen LogP contribution in [0.15, 0.2) is 47.6 Å². The van der Waals surface area contributed by atoms with E-state index < -0.39 is 0 Å². The predicted octanol–water partition coefficient (Wildman–Crippen LogP) is 3.64. The summed E-state index contributed by atoms with van der Waals surface area (Å²) in [6, 6.07) is 9.20. The molecule has 1 amide bonds. The van der Waals surface area contributed by atoms with Crippen molar-refractivity contribution in [3.8, 4) is 0 Å². The van der Waals surface area contributed by atoms with Gasteiger partial charge in [0, 0.05) is 17.2 Å². The summed E-state index contributed by atoms with van der Waals surface area (Å²) in [5.74, 6) is 1.49. The molecule has 110 valence electrons. The number of nitrogens with one attached hydrogen (secondary N) is 1. The van der Waals surface area contributed by atoms with Crippen LogP contribution in [0.25, 0.3) is 0 Å². The van der Waals surface area contributed by atoms with Crippen molar-refractivity contribution in [1.82, 2.24) is 5.43 Å². The van der Waals surface area contributed by atoms with Crippen LogP contribution in [-0.2, 0) is 0 Å². The van der Waals surface area contributed by atoms with Crippen molar-refractivity contribution < 1.29 is 4.79 Å². The molecular formula is C18H22N2O. The number of hydrogen-bond donors (Lipinski definition) is 1. The predicted molar refractivity (Wildman–Crippen MR) is 85.0 cm³/mol. The Labute approximate surface area is 126 Å². The van der Waals surface area contributed by atoms with Crippen molar-refractivity contribution >= 4 is 11.6 Å². The molecule has 3 unspecified atom stereocenters. The number of allylic oxidation sites excluding steroid dienone is 2. The van der Waals surface area contributed by atoms with Gasteiger partial charge in [-0.2, -0.15) is 5.10 Å². The van der Waals surface area contributed by atoms with Gasteiger partial charge in [0.1, 0.15) is 0 Å². The molecule has 0 aliphatic heterocycles. The number of hydrazone groups is 1. The summed E-state index contributed by atoms with van der Waals surface area (Å²) in [5.41, 5.74) is 4.59. The van der Waals surface area contributed by atoms with Crippen LogP contribution in [0.2, 0.25) is 0 Å². The van der Waals surface area contributed by atoms with E-state index in [9.17, 15) is 4.79 Å². The standard InChI is InChI=1S/C18H22N2O/c1-12(16-14-9-10-15(11-14)18(16,2)3)19-20-17(21)13-7-5-4-6-8-13/h4-10,14-16H,11H2,1-3H3,(H,20,21). The Balaban J connectivity index is 1.73. The first-order chi connectivity index (χ1) is 10.00. The van der Waals surface area contributed by atoms with Gasteiger partial charge in [-0.3, -0.25) is 4.79 Å². The zero-order valence-electron chi connectivity index (χ0n) is 12.8. The second kappa shape index (κ2) is 5.14. The topological polar surface area (TPSA) is 41.5 Å². The highest BCUT2D eigenvalue weighted by atomic mass is 16.2. The van der Waals surface area contributed by atoms with Crippen LogP contribution < -0.4 is 5.43 Å². The van der Waals surface area contributed by atoms with Crippen molar-refractivity contribution in [2.45, 2.75) is 27.2 Å². The Morgan fingerprint density at radius 3 is 2.57 bits per heavy atom. The van der Waals surface area contributed by atoms with Crippen molar-refractivity contribution in [2.24, 2.45) is 28.3 Å². The summed E-state index contributed by atoms with van der Waals surface area (Å²) < 4.78 is 0. The molecule has 2 aliphatic rings. The number of benzene rings is 1. The van der Waals surface area contributed by atoms with E-state index in [1.165, 1.54) is 6.42 Å². The number of rotatable bonds is 3. The zero-order valence-corrected chi connectivity index (χ0v) is 12.8. The summed E-state index contributed by atoms with van der Waals surface area (Å²) in [5, 5.41) is 4.38. The molecule has 0 radical (unpaired) electrons. The van der Waals surface area contributed by atoms with Gasteiger partial charge in [-0.1, -0.05) is 44.2 Å². The highest BCUT2D eigenvalue weighted by Crippen LogP contribution is 2.56. The number of nitrogens with zero attached hydrogens (tertiary/aromatic N) is 1. The molecule has 3 rings (SSSR count). The van der Waals surface area contributed by atoms with Crippen LogP contribution >= 0.6 is 0 Å². The van der Waals surface area contributed by atoms with Gasteiger partial charge in [0.2, 0.25) is 0 Å². The van der Waals surface area contributed by atoms with Crippen molar-refractivity contribution in [3.05, 3.63) is 48.0 Å². The second-order valence-corrected chi connectivity index (χ2v) is 6.75. The van der Waals surface area contributed by atoms with E-state index in [-0.39, 0.29) is 11.3 Å². The first kappa shape index (κ1) is 14.1. The molecule has 1 aromatic carbocycles. The van der Waals surface area contributed by atoms with Crippen LogP contribution in [-0.4, -0.2) is 11.6 Å². The lowest BCUT2D eigenvalue weighted by molar-refractivity contribution is 0.0954. The summed E-state index contributed by atoms with van der Waals surface area (Å²) >= 11 is 0. The van der Waals surface area contributed by atoms with E-state index in [0.29, 0.717) is 23.3 Å². The third-order valence-electron chi connectivity index (χ3n) is 5.12. The van der Waals surface area contributed by atoms with Crippen LogP contribution in [0.5, 0.6) is 0 Å². The maximum Gasteiger partial charge on any atom is 0.271 e. The van der Waals surface area contributed by atoms with Crippen LogP contribution in [0.1, 0.15) is 37.6 Å². The average Bonchev–Trinajstić information content (AvgIpc) is 3.04. The molecule has 3 atom stereocenters. The van der Waals surface area contributed by atoms with Gasteiger partial charge >= 0.3 is 0 Å². The third-order valence-corrected chi connectivity index (χ3v) is 5.12. The molecule has 1 fully saturated rings. The van der Waals surface area contributed by atoms with Gasteiger partial charge in [-0.05, 0) is 42.7 Å². The Morgan fingerprint density at radius 2 is 1.95 bits per heavy atom. The van der Waals surface area contributed by atoms with Crippen LogP contribution in [0.4, 0.5) is 0 Å². The minimum Gasteiger partial charge on any atom is -0.267 e. The molecule has 1 aromatic rings. The molecule has 1 saturated carbocycles. The third kappa shape index (κ3) is 2.41. The largest absolute Gasteiger partial charge is 0.271 e. The summed E-state index contributed by atoms with van der Waals surface area (Å²) in [4.78, 5) is 12.1. The van der Waals surface area contributed by atoms with Gasteiger partial charge in [0.15, 0.2) is 0 Å². The summed E-state index contributed by atoms with van der Waals surface area (Å²) in [7, 11) is 0. The normalized spacial score (nSPS) is 29.7. The van der Waals surface area contributed by atoms with Crippen LogP contribution in [0, 0.1) is 23.2 Å². The fraction of sp³-hybridized carbons (Fsp3) is 0.444. The lowest BCUT2D eigenvalue weighted by Gasteiger charge is -2.35. The number of carbonyl (C=O) groups excluding carboxylic acids is 1. The first-order valence-electron chi connectivity index (χ1n) is 7.58. The fourth-order valence-electron chi connectivity index (χ4n) is 4.02. The molecule has 3 heteroatoms. The van der Waals surface area contributed by atoms with E-state index in [1.807, 2.05) is 25.1 Å². The molecule has 2 bridgehead atoms. The van der Waals surface area contributed by atoms with E-state index in [4.69, 9.17) is 0 Å². The molecule has 0 saturated heterocycles. The fourth-order valence-corrected chi connectivity index (χ4v) is 4.02. The smallest absolute Gasteiger partial charge is 0.267 e. The highest BCUT2D eigenvalue weighted by molar-refractivity contribution is 5.95. The molecule has 0 spiro atoms. The van der Waals surface area contributed by atoms with Crippen molar-refractivity contribution in [3.63, 3.8) is 0 Å². The van der Waals surface area contributed by atoms with E-state index >= 15 is 0 Å². The lowest BCUT2D eigenvalue weighted by Crippen LogP contribution is -2.34. The Hall–Kier alpha value is -1.90. The Morgan fingerprint density at radius 1 is 1.24 bits per heavy atom. The number of carbonyl (C=O) groups is 1. The van der Waals surface area contributed by atoms with Gasteiger partial charge < -0.3 is 0 Å². The highest BCUT2D eigenvalue weighted by Gasteiger charge is 2.51. The molecular weight excluding hydrogens is 260 g/mol. The molecule has 0 aromatic heterocycles. The summed E-state index contributed by atoms with van der Waals surface area (Å²) in [6.07, 6.45) is 5.88. The zero-order chi connectivity index (χ0) is 15.0.